The summed E-state index contributed by atoms with van der Waals surface area (Å²) in [6.45, 7) is 0.0524. The second-order valence-electron chi connectivity index (χ2n) is 3.36. The number of hydrogen-bond donors (Lipinski definition) is 2. The second-order valence-corrected chi connectivity index (χ2v) is 3.36. The van der Waals surface area contributed by atoms with Crippen molar-refractivity contribution in [3.8, 4) is 11.6 Å². The minimum atomic E-state index is -0.669. The Labute approximate surface area is 96.3 Å². The highest BCUT2D eigenvalue weighted by Crippen LogP contribution is 2.18. The van der Waals surface area contributed by atoms with Crippen LogP contribution in [0.25, 0.3) is 11.6 Å². The first-order valence-corrected chi connectivity index (χ1v) is 4.89. The van der Waals surface area contributed by atoms with E-state index in [4.69, 9.17) is 24.6 Å². The first-order chi connectivity index (χ1) is 8.24. The van der Waals surface area contributed by atoms with E-state index < -0.39 is 6.04 Å². The van der Waals surface area contributed by atoms with Gasteiger partial charge in [0.15, 0.2) is 17.3 Å². The Morgan fingerprint density at radius 1 is 1.47 bits per heavy atom. The molecule has 0 amide bonds. The number of nitrogens with zero attached hydrogens (tertiary/aromatic N) is 3. The molecule has 0 fully saturated rings. The number of rotatable bonds is 5. The van der Waals surface area contributed by atoms with E-state index in [1.807, 2.05) is 0 Å². The number of nitrogens with two attached hydrogens (primary N) is 1. The number of ether oxygens (including phenoxy) is 1. The Bertz CT molecular complexity index is 481. The third-order valence-electron chi connectivity index (χ3n) is 2.03. The second kappa shape index (κ2) is 5.04. The standard InChI is InChI=1S/C9H12N4O4/c1-15-4-5-2-7(12-16-5)9-11-8(13-17-9)6(10)3-14/h2,6,14H,3-4,10H2,1H3. The van der Waals surface area contributed by atoms with Gasteiger partial charge in [0.05, 0.1) is 12.6 Å². The first kappa shape index (κ1) is 11.7. The van der Waals surface area contributed by atoms with Gasteiger partial charge in [0.1, 0.15) is 6.61 Å². The molecule has 0 saturated carbocycles. The van der Waals surface area contributed by atoms with Crippen LogP contribution in [0.3, 0.4) is 0 Å². The summed E-state index contributed by atoms with van der Waals surface area (Å²) >= 11 is 0. The summed E-state index contributed by atoms with van der Waals surface area (Å²) in [5, 5.41) is 16.2. The average Bonchev–Trinajstić information content (AvgIpc) is 2.96. The molecule has 1 atom stereocenters. The fourth-order valence-electron chi connectivity index (χ4n) is 1.20. The average molecular weight is 240 g/mol. The summed E-state index contributed by atoms with van der Waals surface area (Å²) in [5.41, 5.74) is 5.94. The van der Waals surface area contributed by atoms with Crippen LogP contribution in [0.15, 0.2) is 15.1 Å². The van der Waals surface area contributed by atoms with Crippen LogP contribution in [-0.2, 0) is 11.3 Å². The van der Waals surface area contributed by atoms with E-state index in [1.54, 1.807) is 13.2 Å². The minimum Gasteiger partial charge on any atom is -0.394 e. The van der Waals surface area contributed by atoms with Crippen molar-refractivity contribution in [2.45, 2.75) is 12.6 Å². The molecule has 3 N–H and O–H groups in total. The summed E-state index contributed by atoms with van der Waals surface area (Å²) in [6, 6.07) is 0.962. The maximum atomic E-state index is 8.84. The third kappa shape index (κ3) is 2.49. The van der Waals surface area contributed by atoms with Crippen LogP contribution in [0.2, 0.25) is 0 Å². The SMILES string of the molecule is COCc1cc(-c2nc(C(N)CO)no2)no1. The zero-order valence-electron chi connectivity index (χ0n) is 9.16. The lowest BCUT2D eigenvalue weighted by atomic mass is 10.3. The summed E-state index contributed by atoms with van der Waals surface area (Å²) < 4.78 is 14.8. The van der Waals surface area contributed by atoms with Crippen LogP contribution in [0.1, 0.15) is 17.6 Å². The number of aromatic nitrogens is 3. The van der Waals surface area contributed by atoms with Crippen LogP contribution < -0.4 is 5.73 Å². The van der Waals surface area contributed by atoms with E-state index in [9.17, 15) is 0 Å². The lowest BCUT2D eigenvalue weighted by Crippen LogP contribution is -2.15. The molecule has 0 aromatic carbocycles. The van der Waals surface area contributed by atoms with Crippen LogP contribution in [0.4, 0.5) is 0 Å². The van der Waals surface area contributed by atoms with E-state index >= 15 is 0 Å². The normalized spacial score (nSPS) is 12.9. The molecule has 2 heterocycles. The van der Waals surface area contributed by atoms with E-state index in [1.165, 1.54) is 0 Å². The van der Waals surface area contributed by atoms with Gasteiger partial charge >= 0.3 is 0 Å². The van der Waals surface area contributed by atoms with Crippen LogP contribution in [0.5, 0.6) is 0 Å². The van der Waals surface area contributed by atoms with Crippen molar-refractivity contribution >= 4 is 0 Å². The maximum Gasteiger partial charge on any atom is 0.280 e. The highest BCUT2D eigenvalue weighted by molar-refractivity contribution is 5.45. The van der Waals surface area contributed by atoms with Gasteiger partial charge in [-0.25, -0.2) is 0 Å². The highest BCUT2D eigenvalue weighted by Gasteiger charge is 2.17. The fraction of sp³-hybridized carbons (Fsp3) is 0.444. The van der Waals surface area contributed by atoms with Gasteiger partial charge in [0.25, 0.3) is 5.89 Å². The molecule has 0 saturated heterocycles. The molecule has 92 valence electrons. The molecule has 2 aromatic heterocycles. The molecule has 0 aliphatic rings. The lowest BCUT2D eigenvalue weighted by molar-refractivity contribution is 0.156. The van der Waals surface area contributed by atoms with Gasteiger partial charge in [-0.2, -0.15) is 4.98 Å². The Morgan fingerprint density at radius 2 is 2.29 bits per heavy atom. The van der Waals surface area contributed by atoms with Gasteiger partial charge in [-0.3, -0.25) is 0 Å². The summed E-state index contributed by atoms with van der Waals surface area (Å²) in [6.07, 6.45) is 0. The number of methoxy groups -OCH3 is 1. The molecular formula is C9H12N4O4. The van der Waals surface area contributed by atoms with E-state index in [0.717, 1.165) is 0 Å². The van der Waals surface area contributed by atoms with Crippen molar-refractivity contribution in [1.29, 1.82) is 0 Å². The highest BCUT2D eigenvalue weighted by atomic mass is 16.5. The quantitative estimate of drug-likeness (QED) is 0.740. The molecule has 17 heavy (non-hydrogen) atoms. The molecular weight excluding hydrogens is 228 g/mol. The molecule has 0 radical (unpaired) electrons. The van der Waals surface area contributed by atoms with Gasteiger partial charge in [0.2, 0.25) is 0 Å². The molecule has 0 bridgehead atoms. The van der Waals surface area contributed by atoms with Gasteiger partial charge < -0.3 is 24.6 Å². The molecule has 0 spiro atoms. The predicted molar refractivity (Wildman–Crippen MR) is 54.5 cm³/mol. The van der Waals surface area contributed by atoms with Crippen LogP contribution >= 0.6 is 0 Å². The lowest BCUT2D eigenvalue weighted by Gasteiger charge is -1.98. The molecule has 0 aliphatic carbocycles. The van der Waals surface area contributed by atoms with Crippen molar-refractivity contribution in [3.63, 3.8) is 0 Å². The Balaban J connectivity index is 2.18. The summed E-state index contributed by atoms with van der Waals surface area (Å²) in [5.74, 6) is 0.961. The third-order valence-corrected chi connectivity index (χ3v) is 2.03. The Hall–Kier alpha value is -1.77. The van der Waals surface area contributed by atoms with Gasteiger partial charge in [0, 0.05) is 13.2 Å². The molecule has 0 aliphatic heterocycles. The summed E-state index contributed by atoms with van der Waals surface area (Å²) in [4.78, 5) is 4.00. The molecule has 8 nitrogen and oxygen atoms in total. The predicted octanol–water partition coefficient (Wildman–Crippen LogP) is -0.137. The Kier molecular flexibility index (Phi) is 3.47. The van der Waals surface area contributed by atoms with Crippen LogP contribution in [0, 0.1) is 0 Å². The minimum absolute atomic E-state index is 0.190. The monoisotopic (exact) mass is 240 g/mol. The number of aliphatic hydroxyl groups is 1. The molecule has 8 heteroatoms. The Morgan fingerprint density at radius 3 is 3.00 bits per heavy atom. The number of hydrogen-bond acceptors (Lipinski definition) is 8. The summed E-state index contributed by atoms with van der Waals surface area (Å²) in [7, 11) is 1.55. The maximum absolute atomic E-state index is 8.84. The topological polar surface area (TPSA) is 120 Å². The molecule has 1 unspecified atom stereocenters. The van der Waals surface area contributed by atoms with Crippen molar-refractivity contribution < 1.29 is 18.9 Å². The number of aliphatic hydroxyl groups excluding tert-OH is 1. The first-order valence-electron chi connectivity index (χ1n) is 4.89. The largest absolute Gasteiger partial charge is 0.394 e. The zero-order chi connectivity index (χ0) is 12.3. The van der Waals surface area contributed by atoms with Crippen molar-refractivity contribution in [2.75, 3.05) is 13.7 Å². The van der Waals surface area contributed by atoms with Crippen LogP contribution in [-0.4, -0.2) is 34.1 Å². The molecule has 2 rings (SSSR count). The van der Waals surface area contributed by atoms with Crippen molar-refractivity contribution in [3.05, 3.63) is 17.7 Å². The fourth-order valence-corrected chi connectivity index (χ4v) is 1.20. The van der Waals surface area contributed by atoms with Gasteiger partial charge in [-0.15, -0.1) is 0 Å². The van der Waals surface area contributed by atoms with Gasteiger partial charge in [-0.1, -0.05) is 10.3 Å². The van der Waals surface area contributed by atoms with Gasteiger partial charge in [-0.05, 0) is 0 Å². The smallest absolute Gasteiger partial charge is 0.280 e. The zero-order valence-corrected chi connectivity index (χ0v) is 9.16. The van der Waals surface area contributed by atoms with Crippen molar-refractivity contribution in [1.82, 2.24) is 15.3 Å². The van der Waals surface area contributed by atoms with E-state index in [0.29, 0.717) is 18.1 Å². The van der Waals surface area contributed by atoms with E-state index in [2.05, 4.69) is 15.3 Å². The van der Waals surface area contributed by atoms with E-state index in [-0.39, 0.29) is 18.3 Å². The molecule has 2 aromatic rings. The van der Waals surface area contributed by atoms with Crippen molar-refractivity contribution in [2.24, 2.45) is 5.73 Å².